The average Bonchev–Trinajstić information content (AvgIpc) is 2.56. The van der Waals surface area contributed by atoms with Crippen LogP contribution in [0.5, 0.6) is 0 Å². The minimum absolute atomic E-state index is 0.340. The van der Waals surface area contributed by atoms with Gasteiger partial charge < -0.3 is 5.11 Å². The largest absolute Gasteiger partial charge is 0.478 e. The molecule has 2 N–H and O–H groups in total. The van der Waals surface area contributed by atoms with Crippen LogP contribution in [0.2, 0.25) is 0 Å². The smallest absolute Gasteiger partial charge is 0.330 e. The van der Waals surface area contributed by atoms with Crippen molar-refractivity contribution in [3.63, 3.8) is 0 Å². The summed E-state index contributed by atoms with van der Waals surface area (Å²) in [6.45, 7) is 1.56. The van der Waals surface area contributed by atoms with E-state index in [-0.39, 0.29) is 0 Å². The molecule has 0 fully saturated rings. The molecule has 0 bridgehead atoms. The number of nitrogens with zero attached hydrogens (tertiary/aromatic N) is 2. The maximum absolute atomic E-state index is 10.4. The quantitative estimate of drug-likeness (QED) is 0.557. The molecule has 0 aliphatic heterocycles. The first-order valence-electron chi connectivity index (χ1n) is 3.58. The Morgan fingerprint density at radius 2 is 2.62 bits per heavy atom. The number of rotatable bonds is 4. The highest BCUT2D eigenvalue weighted by Crippen LogP contribution is 2.11. The molecule has 5 nitrogen and oxygen atoms in total. The summed E-state index contributed by atoms with van der Waals surface area (Å²) in [5, 5.41) is 15.5. The van der Waals surface area contributed by atoms with Crippen LogP contribution < -0.4 is 0 Å². The molecule has 13 heavy (non-hydrogen) atoms. The number of H-pyrrole nitrogens is 1. The fraction of sp³-hybridized carbons (Fsp3) is 0.286. The van der Waals surface area contributed by atoms with Crippen LogP contribution in [-0.2, 0) is 4.79 Å². The number of aliphatic carboxylic acids is 1. The molecule has 1 aromatic rings. The number of hydrogen-bond donors (Lipinski definition) is 2. The molecule has 1 heterocycles. The number of aromatic amines is 1. The van der Waals surface area contributed by atoms with Crippen molar-refractivity contribution in [2.45, 2.75) is 12.1 Å². The van der Waals surface area contributed by atoms with E-state index in [1.807, 2.05) is 0 Å². The van der Waals surface area contributed by atoms with Crippen molar-refractivity contribution >= 4 is 17.7 Å². The Labute approximate surface area is 79.3 Å². The van der Waals surface area contributed by atoms with Gasteiger partial charge in [0.2, 0.25) is 0 Å². The summed E-state index contributed by atoms with van der Waals surface area (Å²) in [6, 6.07) is 0. The zero-order valence-electron chi connectivity index (χ0n) is 7.02. The molecule has 1 aromatic heterocycles. The molecule has 0 radical (unpaired) electrons. The normalized spacial score (nSPS) is 11.6. The minimum atomic E-state index is -0.891. The van der Waals surface area contributed by atoms with Crippen molar-refractivity contribution in [2.75, 3.05) is 5.75 Å². The number of nitrogens with one attached hydrogen (secondary N) is 1. The van der Waals surface area contributed by atoms with Crippen molar-refractivity contribution in [3.05, 3.63) is 18.0 Å². The van der Waals surface area contributed by atoms with Crippen molar-refractivity contribution < 1.29 is 9.90 Å². The van der Waals surface area contributed by atoms with Crippen LogP contribution in [0.15, 0.2) is 23.1 Å². The van der Waals surface area contributed by atoms with Crippen LogP contribution in [0.1, 0.15) is 6.92 Å². The highest BCUT2D eigenvalue weighted by molar-refractivity contribution is 7.99. The van der Waals surface area contributed by atoms with Crippen LogP contribution in [0, 0.1) is 0 Å². The van der Waals surface area contributed by atoms with Crippen LogP contribution in [0.3, 0.4) is 0 Å². The predicted octanol–water partition coefficient (Wildman–Crippen LogP) is 0.928. The van der Waals surface area contributed by atoms with Gasteiger partial charge in [-0.15, -0.1) is 0 Å². The fourth-order valence-electron chi connectivity index (χ4n) is 0.597. The first-order chi connectivity index (χ1) is 6.20. The Bertz CT molecular complexity index is 308. The van der Waals surface area contributed by atoms with Gasteiger partial charge in [-0.25, -0.2) is 9.78 Å². The second-order valence-corrected chi connectivity index (χ2v) is 3.30. The molecule has 0 unspecified atom stereocenters. The van der Waals surface area contributed by atoms with Crippen molar-refractivity contribution in [1.29, 1.82) is 0 Å². The maximum atomic E-state index is 10.4. The van der Waals surface area contributed by atoms with E-state index in [1.165, 1.54) is 18.1 Å². The van der Waals surface area contributed by atoms with Crippen LogP contribution in [0.25, 0.3) is 0 Å². The maximum Gasteiger partial charge on any atom is 0.330 e. The first-order valence-corrected chi connectivity index (χ1v) is 4.57. The van der Waals surface area contributed by atoms with Crippen LogP contribution in [0.4, 0.5) is 0 Å². The van der Waals surface area contributed by atoms with E-state index < -0.39 is 5.97 Å². The van der Waals surface area contributed by atoms with Crippen molar-refractivity contribution in [2.24, 2.45) is 0 Å². The lowest BCUT2D eigenvalue weighted by molar-refractivity contribution is -0.132. The van der Waals surface area contributed by atoms with E-state index in [1.54, 1.807) is 13.0 Å². The summed E-state index contributed by atoms with van der Waals surface area (Å²) in [4.78, 5) is 14.3. The van der Waals surface area contributed by atoms with Gasteiger partial charge in [0, 0.05) is 11.3 Å². The number of thioether (sulfide) groups is 1. The van der Waals surface area contributed by atoms with Crippen LogP contribution in [-0.4, -0.2) is 32.0 Å². The van der Waals surface area contributed by atoms with Gasteiger partial charge in [0.15, 0.2) is 5.16 Å². The average molecular weight is 199 g/mol. The summed E-state index contributed by atoms with van der Waals surface area (Å²) in [6.07, 6.45) is 3.05. The summed E-state index contributed by atoms with van der Waals surface area (Å²) in [5.41, 5.74) is 0.340. The SMILES string of the molecule is CC(=CCSc1ncn[nH]1)C(=O)O. The molecule has 6 heteroatoms. The van der Waals surface area contributed by atoms with Gasteiger partial charge >= 0.3 is 5.97 Å². The predicted molar refractivity (Wildman–Crippen MR) is 48.5 cm³/mol. The monoisotopic (exact) mass is 199 g/mol. The molecule has 0 amide bonds. The summed E-state index contributed by atoms with van der Waals surface area (Å²) < 4.78 is 0. The molecular weight excluding hydrogens is 190 g/mol. The van der Waals surface area contributed by atoms with Gasteiger partial charge in [-0.3, -0.25) is 5.10 Å². The minimum Gasteiger partial charge on any atom is -0.478 e. The highest BCUT2D eigenvalue weighted by atomic mass is 32.2. The Balaban J connectivity index is 2.36. The highest BCUT2D eigenvalue weighted by Gasteiger charge is 1.99. The third-order valence-corrected chi connectivity index (χ3v) is 2.14. The summed E-state index contributed by atoms with van der Waals surface area (Å²) in [5.74, 6) is -0.314. The molecule has 0 aliphatic rings. The molecule has 0 aromatic carbocycles. The van der Waals surface area contributed by atoms with Crippen molar-refractivity contribution in [1.82, 2.24) is 15.2 Å². The van der Waals surface area contributed by atoms with Gasteiger partial charge in [0.05, 0.1) is 0 Å². The summed E-state index contributed by atoms with van der Waals surface area (Å²) in [7, 11) is 0. The van der Waals surface area contributed by atoms with Crippen molar-refractivity contribution in [3.8, 4) is 0 Å². The summed E-state index contributed by atoms with van der Waals surface area (Å²) >= 11 is 1.40. The van der Waals surface area contributed by atoms with E-state index in [9.17, 15) is 4.79 Å². The molecule has 0 spiro atoms. The molecule has 70 valence electrons. The number of hydrogen-bond acceptors (Lipinski definition) is 4. The third-order valence-electron chi connectivity index (χ3n) is 1.34. The van der Waals surface area contributed by atoms with E-state index in [0.29, 0.717) is 16.5 Å². The number of carbonyl (C=O) groups is 1. The molecule has 0 atom stereocenters. The fourth-order valence-corrected chi connectivity index (χ4v) is 1.33. The van der Waals surface area contributed by atoms with E-state index in [0.717, 1.165) is 0 Å². The standard InChI is InChI=1S/C7H9N3O2S/c1-5(6(11)12)2-3-13-7-8-4-9-10-7/h2,4H,3H2,1H3,(H,11,12)(H,8,9,10). The topological polar surface area (TPSA) is 78.9 Å². The van der Waals surface area contributed by atoms with Gasteiger partial charge in [-0.1, -0.05) is 17.8 Å². The molecule has 0 saturated heterocycles. The van der Waals surface area contributed by atoms with Gasteiger partial charge in [0.25, 0.3) is 0 Å². The molecular formula is C7H9N3O2S. The lowest BCUT2D eigenvalue weighted by atomic mass is 10.3. The second-order valence-electron chi connectivity index (χ2n) is 2.29. The first kappa shape index (κ1) is 9.79. The lowest BCUT2D eigenvalue weighted by Crippen LogP contribution is -1.96. The third kappa shape index (κ3) is 3.29. The van der Waals surface area contributed by atoms with E-state index in [2.05, 4.69) is 15.2 Å². The Kier molecular flexibility index (Phi) is 3.51. The zero-order chi connectivity index (χ0) is 9.68. The molecule has 0 aliphatic carbocycles. The molecule has 1 rings (SSSR count). The Hall–Kier alpha value is -1.30. The number of aromatic nitrogens is 3. The van der Waals surface area contributed by atoms with Gasteiger partial charge in [-0.2, -0.15) is 5.10 Å². The Morgan fingerprint density at radius 1 is 1.85 bits per heavy atom. The number of carboxylic acids is 1. The van der Waals surface area contributed by atoms with E-state index >= 15 is 0 Å². The van der Waals surface area contributed by atoms with Gasteiger partial charge in [-0.05, 0) is 6.92 Å². The van der Waals surface area contributed by atoms with Gasteiger partial charge in [0.1, 0.15) is 6.33 Å². The Morgan fingerprint density at radius 3 is 3.15 bits per heavy atom. The molecule has 0 saturated carbocycles. The second kappa shape index (κ2) is 4.66. The van der Waals surface area contributed by atoms with E-state index in [4.69, 9.17) is 5.11 Å². The zero-order valence-corrected chi connectivity index (χ0v) is 7.84. The van der Waals surface area contributed by atoms with Crippen LogP contribution >= 0.6 is 11.8 Å². The number of carboxylic acid groups (broad SMARTS) is 1. The lowest BCUT2D eigenvalue weighted by Gasteiger charge is -1.92.